The van der Waals surface area contributed by atoms with Crippen molar-refractivity contribution in [3.63, 3.8) is 0 Å². The van der Waals surface area contributed by atoms with Crippen LogP contribution in [-0.4, -0.2) is 13.2 Å². The Morgan fingerprint density at radius 2 is 1.69 bits per heavy atom. The Morgan fingerprint density at radius 3 is 2.42 bits per heavy atom. The van der Waals surface area contributed by atoms with Crippen molar-refractivity contribution in [2.24, 2.45) is 0 Å². The van der Waals surface area contributed by atoms with E-state index in [1.54, 1.807) is 19.1 Å². The van der Waals surface area contributed by atoms with Crippen molar-refractivity contribution >= 4 is 11.8 Å². The Labute approximate surface area is 155 Å². The summed E-state index contributed by atoms with van der Waals surface area (Å²) in [5.41, 5.74) is 1.01. The number of unbranched alkanes of at least 4 members (excludes halogenated alkanes) is 1. The Morgan fingerprint density at radius 1 is 0.962 bits per heavy atom. The summed E-state index contributed by atoms with van der Waals surface area (Å²) in [7, 11) is 0. The van der Waals surface area contributed by atoms with Crippen LogP contribution < -0.4 is 9.47 Å². The molecule has 1 unspecified atom stereocenters. The molecule has 2 aromatic rings. The second-order valence-electron chi connectivity index (χ2n) is 6.09. The summed E-state index contributed by atoms with van der Waals surface area (Å²) < 4.78 is 53.9. The highest BCUT2D eigenvalue weighted by Crippen LogP contribution is 2.50. The molecule has 0 aromatic heterocycles. The molecule has 2 nitrogen and oxygen atoms in total. The first-order chi connectivity index (χ1) is 12.6. The van der Waals surface area contributed by atoms with Crippen LogP contribution >= 0.6 is 11.8 Å². The van der Waals surface area contributed by atoms with Gasteiger partial charge in [-0.3, -0.25) is 0 Å². The average Bonchev–Trinajstić information content (AvgIpc) is 3.06. The maximum absolute atomic E-state index is 14.7. The molecule has 1 aliphatic rings. The third-order valence-electron chi connectivity index (χ3n) is 4.29. The number of benzene rings is 2. The van der Waals surface area contributed by atoms with Crippen molar-refractivity contribution in [1.82, 2.24) is 0 Å². The monoisotopic (exact) mass is 382 g/mol. The van der Waals surface area contributed by atoms with Gasteiger partial charge >= 0.3 is 0 Å². The molecule has 6 heteroatoms. The van der Waals surface area contributed by atoms with Gasteiger partial charge in [0.2, 0.25) is 5.82 Å². The molecule has 2 aromatic carbocycles. The van der Waals surface area contributed by atoms with E-state index in [0.29, 0.717) is 17.9 Å². The second kappa shape index (κ2) is 8.25. The van der Waals surface area contributed by atoms with Crippen LogP contribution in [0.5, 0.6) is 11.5 Å². The largest absolute Gasteiger partial charge is 0.491 e. The highest BCUT2D eigenvalue weighted by atomic mass is 32.2. The summed E-state index contributed by atoms with van der Waals surface area (Å²) in [5.74, 6) is -2.24. The quantitative estimate of drug-likeness (QED) is 0.542. The van der Waals surface area contributed by atoms with Gasteiger partial charge in [0, 0.05) is 10.8 Å². The summed E-state index contributed by atoms with van der Waals surface area (Å²) in [4.78, 5) is 0.456. The predicted octanol–water partition coefficient (Wildman–Crippen LogP) is 6.07. The van der Waals surface area contributed by atoms with Crippen molar-refractivity contribution in [1.29, 1.82) is 0 Å². The van der Waals surface area contributed by atoms with Crippen LogP contribution in [0.3, 0.4) is 0 Å². The molecule has 1 heterocycles. The number of halogens is 3. The lowest BCUT2D eigenvalue weighted by atomic mass is 10.0. The zero-order valence-electron chi connectivity index (χ0n) is 14.8. The maximum atomic E-state index is 14.7. The Balaban J connectivity index is 1.82. The Hall–Kier alpha value is -1.82. The Kier molecular flexibility index (Phi) is 6.01. The van der Waals surface area contributed by atoms with Gasteiger partial charge in [-0.1, -0.05) is 25.5 Å². The minimum atomic E-state index is -0.995. The lowest BCUT2D eigenvalue weighted by Crippen LogP contribution is -2.03. The molecular weight excluding hydrogens is 361 g/mol. The van der Waals surface area contributed by atoms with Crippen LogP contribution in [0.1, 0.15) is 43.1 Å². The van der Waals surface area contributed by atoms with Crippen molar-refractivity contribution in [3.8, 4) is 11.5 Å². The van der Waals surface area contributed by atoms with Gasteiger partial charge in [0.05, 0.1) is 18.1 Å². The molecule has 3 rings (SSSR count). The minimum absolute atomic E-state index is 0.105. The predicted molar refractivity (Wildman–Crippen MR) is 96.6 cm³/mol. The standard InChI is InChI=1S/C20H21F3O2S/c1-3-5-10-25-15-8-6-12-11-16(26-20(12)19(15)23)13-7-9-14(24-4-2)18(22)17(13)21/h6-9,16H,3-5,10-11H2,1-2H3. The van der Waals surface area contributed by atoms with Crippen LogP contribution in [0.25, 0.3) is 0 Å². The molecule has 0 fully saturated rings. The van der Waals surface area contributed by atoms with Crippen molar-refractivity contribution in [2.75, 3.05) is 13.2 Å². The molecule has 1 atom stereocenters. The molecule has 0 N–H and O–H groups in total. The maximum Gasteiger partial charge on any atom is 0.200 e. The minimum Gasteiger partial charge on any atom is -0.491 e. The van der Waals surface area contributed by atoms with E-state index in [1.165, 1.54) is 23.9 Å². The van der Waals surface area contributed by atoms with Gasteiger partial charge in [-0.05, 0) is 37.5 Å². The molecule has 1 aliphatic heterocycles. The van der Waals surface area contributed by atoms with Crippen LogP contribution in [0.15, 0.2) is 29.2 Å². The number of ether oxygens (including phenoxy) is 2. The van der Waals surface area contributed by atoms with E-state index in [0.717, 1.165) is 18.4 Å². The fourth-order valence-electron chi connectivity index (χ4n) is 2.92. The highest BCUT2D eigenvalue weighted by molar-refractivity contribution is 7.99. The second-order valence-corrected chi connectivity index (χ2v) is 7.31. The van der Waals surface area contributed by atoms with Crippen LogP contribution in [-0.2, 0) is 6.42 Å². The van der Waals surface area contributed by atoms with Crippen molar-refractivity contribution < 1.29 is 22.6 Å². The fourth-order valence-corrected chi connectivity index (χ4v) is 4.29. The van der Waals surface area contributed by atoms with E-state index in [2.05, 4.69) is 0 Å². The zero-order chi connectivity index (χ0) is 18.7. The first kappa shape index (κ1) is 19.0. The van der Waals surface area contributed by atoms with Gasteiger partial charge in [0.25, 0.3) is 0 Å². The lowest BCUT2D eigenvalue weighted by Gasteiger charge is -2.13. The summed E-state index contributed by atoms with van der Waals surface area (Å²) in [6, 6.07) is 6.36. The van der Waals surface area contributed by atoms with E-state index in [4.69, 9.17) is 9.47 Å². The molecule has 0 spiro atoms. The smallest absolute Gasteiger partial charge is 0.200 e. The summed E-state index contributed by atoms with van der Waals surface area (Å²) in [5, 5.41) is -0.379. The van der Waals surface area contributed by atoms with Crippen LogP contribution in [0.2, 0.25) is 0 Å². The van der Waals surface area contributed by atoms with E-state index < -0.39 is 17.5 Å². The van der Waals surface area contributed by atoms with Gasteiger partial charge in [0.15, 0.2) is 23.1 Å². The number of hydrogen-bond donors (Lipinski definition) is 0. The van der Waals surface area contributed by atoms with E-state index in [1.807, 2.05) is 6.92 Å². The molecule has 0 saturated carbocycles. The first-order valence-corrected chi connectivity index (χ1v) is 9.66. The average molecular weight is 382 g/mol. The van der Waals surface area contributed by atoms with Gasteiger partial charge in [-0.15, -0.1) is 11.8 Å². The highest BCUT2D eigenvalue weighted by Gasteiger charge is 2.31. The van der Waals surface area contributed by atoms with E-state index >= 15 is 0 Å². The van der Waals surface area contributed by atoms with Crippen molar-refractivity contribution in [2.45, 2.75) is 43.3 Å². The van der Waals surface area contributed by atoms with Crippen molar-refractivity contribution in [3.05, 3.63) is 52.8 Å². The molecule has 0 amide bonds. The summed E-state index contributed by atoms with van der Waals surface area (Å²) >= 11 is 1.21. The van der Waals surface area contributed by atoms with Crippen LogP contribution in [0.4, 0.5) is 13.2 Å². The van der Waals surface area contributed by atoms with Crippen LogP contribution in [0, 0.1) is 17.5 Å². The first-order valence-electron chi connectivity index (χ1n) is 8.78. The third-order valence-corrected chi connectivity index (χ3v) is 5.67. The molecule has 0 aliphatic carbocycles. The van der Waals surface area contributed by atoms with E-state index in [9.17, 15) is 13.2 Å². The number of thioether (sulfide) groups is 1. The van der Waals surface area contributed by atoms with Gasteiger partial charge in [-0.25, -0.2) is 8.78 Å². The van der Waals surface area contributed by atoms with E-state index in [-0.39, 0.29) is 28.9 Å². The summed E-state index contributed by atoms with van der Waals surface area (Å²) in [6.07, 6.45) is 2.26. The lowest BCUT2D eigenvalue weighted by molar-refractivity contribution is 0.291. The molecule has 140 valence electrons. The normalized spacial score (nSPS) is 15.8. The third kappa shape index (κ3) is 3.65. The summed E-state index contributed by atoms with van der Waals surface area (Å²) in [6.45, 7) is 4.45. The molecule has 0 saturated heterocycles. The van der Waals surface area contributed by atoms with Gasteiger partial charge in [0.1, 0.15) is 0 Å². The van der Waals surface area contributed by atoms with Gasteiger partial charge < -0.3 is 9.47 Å². The molecular formula is C20H21F3O2S. The van der Waals surface area contributed by atoms with Gasteiger partial charge in [-0.2, -0.15) is 4.39 Å². The zero-order valence-corrected chi connectivity index (χ0v) is 15.6. The molecule has 0 radical (unpaired) electrons. The SMILES string of the molecule is CCCCOc1ccc2c(c1F)SC(c1ccc(OCC)c(F)c1F)C2. The fraction of sp³-hybridized carbons (Fsp3) is 0.400. The molecule has 0 bridgehead atoms. The number of hydrogen-bond acceptors (Lipinski definition) is 3. The number of fused-ring (bicyclic) bond motifs is 1. The number of rotatable bonds is 7. The Bertz CT molecular complexity index is 795. The molecule has 26 heavy (non-hydrogen) atoms. The topological polar surface area (TPSA) is 18.5 Å².